The molecule has 110 valence electrons. The maximum absolute atomic E-state index is 12.0. The van der Waals surface area contributed by atoms with E-state index in [1.54, 1.807) is 12.1 Å². The molecule has 1 rings (SSSR count). The zero-order chi connectivity index (χ0) is 15.0. The fraction of sp³-hybridized carbons (Fsp3) is 0.462. The van der Waals surface area contributed by atoms with Crippen LogP contribution in [0.5, 0.6) is 0 Å². The molecular formula is C13H18N2O4S. The smallest absolute Gasteiger partial charge is 0.179 e. The number of ether oxygens (including phenoxy) is 1. The molecule has 0 aliphatic rings. The predicted octanol–water partition coefficient (Wildman–Crippen LogP) is -0.0711. The van der Waals surface area contributed by atoms with Crippen molar-refractivity contribution in [2.24, 2.45) is 0 Å². The van der Waals surface area contributed by atoms with E-state index in [4.69, 9.17) is 10.00 Å². The average molecular weight is 298 g/mol. The van der Waals surface area contributed by atoms with Gasteiger partial charge in [0.1, 0.15) is 0 Å². The van der Waals surface area contributed by atoms with Crippen molar-refractivity contribution in [2.45, 2.75) is 11.0 Å². The normalized spacial score (nSPS) is 12.8. The summed E-state index contributed by atoms with van der Waals surface area (Å²) in [5.74, 6) is -0.0957. The van der Waals surface area contributed by atoms with Crippen LogP contribution in [0.2, 0.25) is 0 Å². The highest BCUT2D eigenvalue weighted by Crippen LogP contribution is 2.12. The van der Waals surface area contributed by atoms with Crippen LogP contribution in [-0.2, 0) is 14.6 Å². The molecule has 0 radical (unpaired) electrons. The number of hydrogen-bond acceptors (Lipinski definition) is 6. The minimum atomic E-state index is -3.43. The monoisotopic (exact) mass is 298 g/mol. The zero-order valence-electron chi connectivity index (χ0n) is 11.2. The van der Waals surface area contributed by atoms with Crippen LogP contribution in [0.4, 0.5) is 0 Å². The van der Waals surface area contributed by atoms with Crippen LogP contribution in [0.25, 0.3) is 0 Å². The third kappa shape index (κ3) is 5.27. The molecule has 0 bridgehead atoms. The van der Waals surface area contributed by atoms with E-state index in [2.05, 4.69) is 5.32 Å². The molecule has 1 aromatic rings. The lowest BCUT2D eigenvalue weighted by Gasteiger charge is -2.11. The first kappa shape index (κ1) is 16.6. The van der Waals surface area contributed by atoms with Crippen molar-refractivity contribution >= 4 is 9.84 Å². The molecule has 0 saturated heterocycles. The van der Waals surface area contributed by atoms with Gasteiger partial charge in [-0.1, -0.05) is 6.07 Å². The van der Waals surface area contributed by atoms with E-state index in [0.29, 0.717) is 5.56 Å². The Labute approximate surface area is 118 Å². The van der Waals surface area contributed by atoms with Crippen molar-refractivity contribution in [3.63, 3.8) is 0 Å². The number of nitrogens with zero attached hydrogens (tertiary/aromatic N) is 1. The number of aliphatic hydroxyl groups is 1. The quantitative estimate of drug-likeness (QED) is 0.652. The summed E-state index contributed by atoms with van der Waals surface area (Å²) < 4.78 is 28.8. The Morgan fingerprint density at radius 2 is 2.25 bits per heavy atom. The second-order valence-electron chi connectivity index (χ2n) is 4.27. The number of benzene rings is 1. The first-order valence-electron chi connectivity index (χ1n) is 6.10. The lowest BCUT2D eigenvalue weighted by molar-refractivity contribution is 0.0650. The van der Waals surface area contributed by atoms with E-state index >= 15 is 0 Å². The Balaban J connectivity index is 2.52. The first-order valence-corrected chi connectivity index (χ1v) is 7.75. The topological polar surface area (TPSA) is 99.4 Å². The molecule has 2 N–H and O–H groups in total. The fourth-order valence-electron chi connectivity index (χ4n) is 1.60. The van der Waals surface area contributed by atoms with Gasteiger partial charge in [0, 0.05) is 20.2 Å². The van der Waals surface area contributed by atoms with Crippen LogP contribution in [0.15, 0.2) is 29.2 Å². The van der Waals surface area contributed by atoms with E-state index in [-0.39, 0.29) is 30.3 Å². The van der Waals surface area contributed by atoms with E-state index in [0.717, 1.165) is 0 Å². The molecule has 0 aliphatic heterocycles. The van der Waals surface area contributed by atoms with Crippen LogP contribution in [0, 0.1) is 11.3 Å². The number of aliphatic hydroxyl groups excluding tert-OH is 1. The van der Waals surface area contributed by atoms with Crippen molar-refractivity contribution in [2.75, 3.05) is 32.6 Å². The molecule has 0 fully saturated rings. The van der Waals surface area contributed by atoms with Gasteiger partial charge in [0.15, 0.2) is 9.84 Å². The number of methoxy groups -OCH3 is 1. The lowest BCUT2D eigenvalue weighted by atomic mass is 10.2. The highest BCUT2D eigenvalue weighted by molar-refractivity contribution is 7.91. The van der Waals surface area contributed by atoms with Crippen molar-refractivity contribution in [3.8, 4) is 6.07 Å². The number of hydrogen-bond donors (Lipinski definition) is 2. The van der Waals surface area contributed by atoms with Gasteiger partial charge in [0.2, 0.25) is 0 Å². The van der Waals surface area contributed by atoms with Gasteiger partial charge in [-0.15, -0.1) is 0 Å². The highest BCUT2D eigenvalue weighted by Gasteiger charge is 2.14. The molecule has 0 heterocycles. The fourth-order valence-corrected chi connectivity index (χ4v) is 2.84. The Hall–Kier alpha value is -1.46. The van der Waals surface area contributed by atoms with E-state index in [1.807, 2.05) is 6.07 Å². The molecule has 6 nitrogen and oxygen atoms in total. The SMILES string of the molecule is COCC(O)CNCCS(=O)(=O)c1cccc(C#N)c1. The highest BCUT2D eigenvalue weighted by atomic mass is 32.2. The standard InChI is InChI=1S/C13H18N2O4S/c1-19-10-12(16)9-15-5-6-20(17,18)13-4-2-3-11(7-13)8-14/h2-4,7,12,15-16H,5-6,9-10H2,1H3. The van der Waals surface area contributed by atoms with E-state index in [1.165, 1.54) is 19.2 Å². The third-order valence-corrected chi connectivity index (χ3v) is 4.32. The summed E-state index contributed by atoms with van der Waals surface area (Å²) in [6.45, 7) is 0.686. The molecular weight excluding hydrogens is 280 g/mol. The van der Waals surface area contributed by atoms with Crippen LogP contribution in [0.1, 0.15) is 5.56 Å². The Kier molecular flexibility index (Phi) is 6.61. The van der Waals surface area contributed by atoms with Gasteiger partial charge >= 0.3 is 0 Å². The molecule has 0 amide bonds. The van der Waals surface area contributed by atoms with Gasteiger partial charge in [-0.2, -0.15) is 5.26 Å². The van der Waals surface area contributed by atoms with Crippen LogP contribution >= 0.6 is 0 Å². The van der Waals surface area contributed by atoms with Crippen LogP contribution in [-0.4, -0.2) is 52.2 Å². The zero-order valence-corrected chi connectivity index (χ0v) is 12.1. The summed E-state index contributed by atoms with van der Waals surface area (Å²) >= 11 is 0. The summed E-state index contributed by atoms with van der Waals surface area (Å²) in [7, 11) is -1.95. The van der Waals surface area contributed by atoms with Gasteiger partial charge in [-0.25, -0.2) is 8.42 Å². The van der Waals surface area contributed by atoms with Gasteiger partial charge in [0.25, 0.3) is 0 Å². The van der Waals surface area contributed by atoms with Gasteiger partial charge in [-0.3, -0.25) is 0 Å². The van der Waals surface area contributed by atoms with Crippen LogP contribution in [0.3, 0.4) is 0 Å². The summed E-state index contributed by atoms with van der Waals surface area (Å²) in [4.78, 5) is 0.135. The van der Waals surface area contributed by atoms with E-state index in [9.17, 15) is 13.5 Å². The number of rotatable bonds is 8. The number of nitrogens with one attached hydrogen (secondary N) is 1. The van der Waals surface area contributed by atoms with Crippen molar-refractivity contribution < 1.29 is 18.3 Å². The summed E-state index contributed by atoms with van der Waals surface area (Å²) in [6, 6.07) is 7.83. The number of nitriles is 1. The van der Waals surface area contributed by atoms with E-state index < -0.39 is 15.9 Å². The van der Waals surface area contributed by atoms with Crippen molar-refractivity contribution in [1.82, 2.24) is 5.32 Å². The molecule has 0 spiro atoms. The van der Waals surface area contributed by atoms with Crippen LogP contribution < -0.4 is 5.32 Å². The maximum Gasteiger partial charge on any atom is 0.179 e. The van der Waals surface area contributed by atoms with Gasteiger partial charge < -0.3 is 15.2 Å². The maximum atomic E-state index is 12.0. The Bertz CT molecular complexity index is 566. The summed E-state index contributed by atoms with van der Waals surface area (Å²) in [5, 5.41) is 21.0. The van der Waals surface area contributed by atoms with Gasteiger partial charge in [0.05, 0.1) is 35.0 Å². The Morgan fingerprint density at radius 1 is 1.50 bits per heavy atom. The molecule has 0 saturated carbocycles. The number of sulfone groups is 1. The third-order valence-electron chi connectivity index (χ3n) is 2.61. The Morgan fingerprint density at radius 3 is 2.90 bits per heavy atom. The summed E-state index contributed by atoms with van der Waals surface area (Å²) in [6.07, 6.45) is -0.662. The average Bonchev–Trinajstić information content (AvgIpc) is 2.44. The first-order chi connectivity index (χ1) is 9.49. The second-order valence-corrected chi connectivity index (χ2v) is 6.38. The molecule has 0 aromatic heterocycles. The van der Waals surface area contributed by atoms with Crippen molar-refractivity contribution in [3.05, 3.63) is 29.8 Å². The van der Waals surface area contributed by atoms with Crippen molar-refractivity contribution in [1.29, 1.82) is 5.26 Å². The second kappa shape index (κ2) is 7.97. The minimum Gasteiger partial charge on any atom is -0.389 e. The lowest BCUT2D eigenvalue weighted by Crippen LogP contribution is -2.33. The molecule has 0 aliphatic carbocycles. The molecule has 1 atom stereocenters. The largest absolute Gasteiger partial charge is 0.389 e. The summed E-state index contributed by atoms with van der Waals surface area (Å²) in [5.41, 5.74) is 0.314. The predicted molar refractivity (Wildman–Crippen MR) is 74.0 cm³/mol. The molecule has 1 aromatic carbocycles. The molecule has 7 heteroatoms. The molecule has 20 heavy (non-hydrogen) atoms. The van der Waals surface area contributed by atoms with Gasteiger partial charge in [-0.05, 0) is 18.2 Å². The molecule has 1 unspecified atom stereocenters. The minimum absolute atomic E-state index is 0.0957.